The first-order chi connectivity index (χ1) is 9.24. The normalized spacial score (nSPS) is 10.8. The largest absolute Gasteiger partial charge is 0.365 e. The number of hydrogen-bond donors (Lipinski definition) is 2. The van der Waals surface area contributed by atoms with E-state index in [4.69, 9.17) is 23.2 Å². The fraction of sp³-hybridized carbons (Fsp3) is 0.0833. The molecular weight excluding hydrogens is 285 g/mol. The summed E-state index contributed by atoms with van der Waals surface area (Å²) in [6, 6.07) is 5.40. The molecule has 2 heterocycles. The number of benzene rings is 1. The molecule has 3 rings (SSSR count). The molecule has 7 heteroatoms. The van der Waals surface area contributed by atoms with Crippen molar-refractivity contribution >= 4 is 40.1 Å². The summed E-state index contributed by atoms with van der Waals surface area (Å²) in [7, 11) is 0. The topological polar surface area (TPSA) is 66.5 Å². The van der Waals surface area contributed by atoms with Crippen LogP contribution in [0.25, 0.3) is 11.0 Å². The van der Waals surface area contributed by atoms with Gasteiger partial charge in [-0.2, -0.15) is 5.10 Å². The third-order valence-electron chi connectivity index (χ3n) is 2.71. The van der Waals surface area contributed by atoms with Crippen molar-refractivity contribution in [3.8, 4) is 0 Å². The first-order valence-corrected chi connectivity index (χ1v) is 6.31. The van der Waals surface area contributed by atoms with Gasteiger partial charge in [0, 0.05) is 16.6 Å². The van der Waals surface area contributed by atoms with Crippen LogP contribution in [0.15, 0.2) is 30.7 Å². The van der Waals surface area contributed by atoms with E-state index in [1.54, 1.807) is 18.3 Å². The van der Waals surface area contributed by atoms with Gasteiger partial charge >= 0.3 is 0 Å². The van der Waals surface area contributed by atoms with Gasteiger partial charge in [-0.25, -0.2) is 9.97 Å². The highest BCUT2D eigenvalue weighted by Gasteiger charge is 2.06. The molecule has 2 N–H and O–H groups in total. The minimum atomic E-state index is 0.549. The summed E-state index contributed by atoms with van der Waals surface area (Å²) in [5.41, 5.74) is 1.64. The Balaban J connectivity index is 1.84. The number of fused-ring (bicyclic) bond motifs is 1. The molecule has 0 spiro atoms. The van der Waals surface area contributed by atoms with Gasteiger partial charge in [0.15, 0.2) is 5.65 Å². The second kappa shape index (κ2) is 5.03. The van der Waals surface area contributed by atoms with Gasteiger partial charge in [0.1, 0.15) is 12.1 Å². The highest BCUT2D eigenvalue weighted by molar-refractivity contribution is 6.35. The van der Waals surface area contributed by atoms with E-state index in [9.17, 15) is 0 Å². The Bertz CT molecular complexity index is 725. The quantitative estimate of drug-likeness (QED) is 0.778. The lowest BCUT2D eigenvalue weighted by Gasteiger charge is -2.08. The zero-order valence-electron chi connectivity index (χ0n) is 9.69. The van der Waals surface area contributed by atoms with Crippen LogP contribution >= 0.6 is 23.2 Å². The fourth-order valence-corrected chi connectivity index (χ4v) is 2.23. The summed E-state index contributed by atoms with van der Waals surface area (Å²) < 4.78 is 0. The van der Waals surface area contributed by atoms with Crippen LogP contribution in [0.1, 0.15) is 5.56 Å². The molecule has 0 radical (unpaired) electrons. The third kappa shape index (κ3) is 2.47. The number of H-pyrrole nitrogens is 1. The second-order valence-electron chi connectivity index (χ2n) is 3.94. The second-order valence-corrected chi connectivity index (χ2v) is 4.79. The summed E-state index contributed by atoms with van der Waals surface area (Å²) in [5.74, 6) is 0.713. The highest BCUT2D eigenvalue weighted by Crippen LogP contribution is 2.23. The molecule has 0 fully saturated rings. The van der Waals surface area contributed by atoms with Crippen LogP contribution in [0.4, 0.5) is 5.82 Å². The first kappa shape index (κ1) is 12.2. The Morgan fingerprint density at radius 3 is 2.95 bits per heavy atom. The number of hydrogen-bond acceptors (Lipinski definition) is 4. The van der Waals surface area contributed by atoms with Gasteiger partial charge in [0.2, 0.25) is 0 Å². The SMILES string of the molecule is Clc1ccc(CNc2ncnc3[nH]ncc23)c(Cl)c1. The molecule has 0 saturated heterocycles. The molecule has 19 heavy (non-hydrogen) atoms. The maximum absolute atomic E-state index is 6.12. The van der Waals surface area contributed by atoms with E-state index in [1.165, 1.54) is 6.33 Å². The van der Waals surface area contributed by atoms with Crippen molar-refractivity contribution in [3.05, 3.63) is 46.3 Å². The van der Waals surface area contributed by atoms with Crippen LogP contribution in [-0.2, 0) is 6.54 Å². The molecule has 3 aromatic rings. The predicted octanol–water partition coefficient (Wildman–Crippen LogP) is 3.27. The average Bonchev–Trinajstić information content (AvgIpc) is 2.86. The molecule has 0 saturated carbocycles. The maximum Gasteiger partial charge on any atom is 0.160 e. The summed E-state index contributed by atoms with van der Waals surface area (Å²) >= 11 is 12.0. The number of rotatable bonds is 3. The van der Waals surface area contributed by atoms with Crippen LogP contribution in [0.5, 0.6) is 0 Å². The Morgan fingerprint density at radius 2 is 2.11 bits per heavy atom. The molecule has 0 atom stereocenters. The summed E-state index contributed by atoms with van der Waals surface area (Å²) in [4.78, 5) is 8.26. The third-order valence-corrected chi connectivity index (χ3v) is 3.30. The molecule has 0 aliphatic carbocycles. The van der Waals surface area contributed by atoms with Crippen LogP contribution < -0.4 is 5.32 Å². The van der Waals surface area contributed by atoms with Gasteiger partial charge in [0.05, 0.1) is 11.6 Å². The molecule has 2 aromatic heterocycles. The summed E-state index contributed by atoms with van der Waals surface area (Å²) in [5, 5.41) is 12.0. The lowest BCUT2D eigenvalue weighted by Crippen LogP contribution is -2.02. The van der Waals surface area contributed by atoms with E-state index in [0.717, 1.165) is 10.9 Å². The molecule has 0 amide bonds. The van der Waals surface area contributed by atoms with Crippen molar-refractivity contribution in [2.45, 2.75) is 6.54 Å². The van der Waals surface area contributed by atoms with E-state index >= 15 is 0 Å². The van der Waals surface area contributed by atoms with Gasteiger partial charge < -0.3 is 5.32 Å². The van der Waals surface area contributed by atoms with E-state index in [-0.39, 0.29) is 0 Å². The van der Waals surface area contributed by atoms with Crippen molar-refractivity contribution < 1.29 is 0 Å². The molecule has 1 aromatic carbocycles. The Morgan fingerprint density at radius 1 is 1.21 bits per heavy atom. The zero-order chi connectivity index (χ0) is 13.2. The Hall–Kier alpha value is -1.85. The van der Waals surface area contributed by atoms with Gasteiger partial charge in [-0.05, 0) is 17.7 Å². The predicted molar refractivity (Wildman–Crippen MR) is 75.5 cm³/mol. The Labute approximate surface area is 119 Å². The molecule has 0 unspecified atom stereocenters. The number of halogens is 2. The van der Waals surface area contributed by atoms with Crippen molar-refractivity contribution in [1.29, 1.82) is 0 Å². The zero-order valence-corrected chi connectivity index (χ0v) is 11.2. The molecule has 0 aliphatic rings. The van der Waals surface area contributed by atoms with Gasteiger partial charge in [-0.15, -0.1) is 0 Å². The number of aromatic amines is 1. The lowest BCUT2D eigenvalue weighted by molar-refractivity contribution is 1.08. The fourth-order valence-electron chi connectivity index (χ4n) is 1.75. The van der Waals surface area contributed by atoms with Crippen LogP contribution in [0.3, 0.4) is 0 Å². The van der Waals surface area contributed by atoms with Crippen molar-refractivity contribution in [2.75, 3.05) is 5.32 Å². The maximum atomic E-state index is 6.12. The van der Waals surface area contributed by atoms with Crippen molar-refractivity contribution in [2.24, 2.45) is 0 Å². The molecule has 96 valence electrons. The van der Waals surface area contributed by atoms with E-state index in [2.05, 4.69) is 25.5 Å². The standard InChI is InChI=1S/C12H9Cl2N5/c13-8-2-1-7(10(14)3-8)4-15-11-9-5-18-19-12(9)17-6-16-11/h1-3,5-6H,4H2,(H2,15,16,17,18,19). The van der Waals surface area contributed by atoms with Crippen molar-refractivity contribution in [3.63, 3.8) is 0 Å². The van der Waals surface area contributed by atoms with Gasteiger partial charge in [-0.1, -0.05) is 29.3 Å². The summed E-state index contributed by atoms with van der Waals surface area (Å²) in [6.07, 6.45) is 3.16. The van der Waals surface area contributed by atoms with Crippen LogP contribution in [0.2, 0.25) is 10.0 Å². The van der Waals surface area contributed by atoms with Gasteiger partial charge in [-0.3, -0.25) is 5.10 Å². The number of nitrogens with one attached hydrogen (secondary N) is 2. The molecule has 0 bridgehead atoms. The monoisotopic (exact) mass is 293 g/mol. The molecule has 5 nitrogen and oxygen atoms in total. The minimum absolute atomic E-state index is 0.549. The van der Waals surface area contributed by atoms with E-state index < -0.39 is 0 Å². The smallest absolute Gasteiger partial charge is 0.160 e. The minimum Gasteiger partial charge on any atom is -0.365 e. The summed E-state index contributed by atoms with van der Waals surface area (Å²) in [6.45, 7) is 0.549. The number of aromatic nitrogens is 4. The van der Waals surface area contributed by atoms with E-state index in [1.807, 2.05) is 6.07 Å². The number of nitrogens with zero attached hydrogens (tertiary/aromatic N) is 3. The van der Waals surface area contributed by atoms with Crippen LogP contribution in [0, 0.1) is 0 Å². The highest BCUT2D eigenvalue weighted by atomic mass is 35.5. The average molecular weight is 294 g/mol. The molecule has 0 aliphatic heterocycles. The first-order valence-electron chi connectivity index (χ1n) is 5.56. The molecular formula is C12H9Cl2N5. The Kier molecular flexibility index (Phi) is 3.23. The lowest BCUT2D eigenvalue weighted by atomic mass is 10.2. The van der Waals surface area contributed by atoms with Gasteiger partial charge in [0.25, 0.3) is 0 Å². The van der Waals surface area contributed by atoms with Crippen molar-refractivity contribution in [1.82, 2.24) is 20.2 Å². The van der Waals surface area contributed by atoms with E-state index in [0.29, 0.717) is 28.1 Å². The number of anilines is 1. The van der Waals surface area contributed by atoms with Crippen LogP contribution in [-0.4, -0.2) is 20.2 Å².